The van der Waals surface area contributed by atoms with Gasteiger partial charge in [-0.2, -0.15) is 0 Å². The van der Waals surface area contributed by atoms with Gasteiger partial charge in [-0.05, 0) is 56.2 Å². The summed E-state index contributed by atoms with van der Waals surface area (Å²) in [6.07, 6.45) is 6.82. The molecule has 0 amide bonds. The van der Waals surface area contributed by atoms with Gasteiger partial charge >= 0.3 is 0 Å². The van der Waals surface area contributed by atoms with Gasteiger partial charge < -0.3 is 5.11 Å². The van der Waals surface area contributed by atoms with Crippen LogP contribution < -0.4 is 0 Å². The zero-order valence-electron chi connectivity index (χ0n) is 15.5. The summed E-state index contributed by atoms with van der Waals surface area (Å²) in [7, 11) is 0. The minimum atomic E-state index is -0.734. The van der Waals surface area contributed by atoms with Crippen molar-refractivity contribution in [1.82, 2.24) is 0 Å². The molecule has 0 aliphatic heterocycles. The Labute approximate surface area is 151 Å². The lowest BCUT2D eigenvalue weighted by atomic mass is 9.79. The van der Waals surface area contributed by atoms with Crippen molar-refractivity contribution in [3.05, 3.63) is 65.2 Å². The Morgan fingerprint density at radius 2 is 1.56 bits per heavy atom. The zero-order valence-corrected chi connectivity index (χ0v) is 15.5. The van der Waals surface area contributed by atoms with Crippen molar-refractivity contribution in [1.29, 1.82) is 0 Å². The highest BCUT2D eigenvalue weighted by Gasteiger charge is 2.34. The van der Waals surface area contributed by atoms with Gasteiger partial charge in [0.25, 0.3) is 0 Å². The summed E-state index contributed by atoms with van der Waals surface area (Å²) in [6.45, 7) is 4.21. The molecule has 0 heterocycles. The molecule has 1 fully saturated rings. The Bertz CT molecular complexity index is 707. The van der Waals surface area contributed by atoms with Crippen molar-refractivity contribution in [3.8, 4) is 0 Å². The topological polar surface area (TPSA) is 32.6 Å². The van der Waals surface area contributed by atoms with Crippen LogP contribution in [0, 0.1) is 13.8 Å². The monoisotopic (exact) mass is 335 g/mol. The third-order valence-corrected chi connectivity index (χ3v) is 5.40. The Morgan fingerprint density at radius 1 is 0.920 bits per heavy atom. The maximum atomic E-state index is 11.3. The standard InChI is InChI=1S/C23H29NO/c1-18-10-9-11-19(2)22(18)24-21(23(25)16-7-4-8-17-23)15-14-20-12-5-3-6-13-20/h3,5-6,9-13,25H,4,7-8,14-17H2,1-2H3. The molecule has 2 aromatic carbocycles. The van der Waals surface area contributed by atoms with E-state index in [1.54, 1.807) is 0 Å². The van der Waals surface area contributed by atoms with Gasteiger partial charge in [0.2, 0.25) is 0 Å². The van der Waals surface area contributed by atoms with Gasteiger partial charge in [-0.1, -0.05) is 67.8 Å². The fourth-order valence-corrected chi connectivity index (χ4v) is 3.84. The summed E-state index contributed by atoms with van der Waals surface area (Å²) < 4.78 is 0. The number of hydrogen-bond acceptors (Lipinski definition) is 2. The predicted octanol–water partition coefficient (Wildman–Crippen LogP) is 5.70. The van der Waals surface area contributed by atoms with Crippen LogP contribution in [0.1, 0.15) is 55.2 Å². The molecule has 2 heteroatoms. The quantitative estimate of drug-likeness (QED) is 0.698. The average Bonchev–Trinajstić information content (AvgIpc) is 2.62. The van der Waals surface area contributed by atoms with Gasteiger partial charge in [0.15, 0.2) is 0 Å². The third kappa shape index (κ3) is 4.38. The number of nitrogens with zero attached hydrogens (tertiary/aromatic N) is 1. The predicted molar refractivity (Wildman–Crippen MR) is 106 cm³/mol. The van der Waals surface area contributed by atoms with Crippen LogP contribution in [-0.4, -0.2) is 16.4 Å². The molecule has 0 saturated heterocycles. The Balaban J connectivity index is 1.92. The Kier molecular flexibility index (Phi) is 5.70. The summed E-state index contributed by atoms with van der Waals surface area (Å²) in [5.41, 5.74) is 4.92. The van der Waals surface area contributed by atoms with Crippen molar-refractivity contribution in [2.45, 2.75) is 64.4 Å². The molecule has 1 N–H and O–H groups in total. The van der Waals surface area contributed by atoms with Crippen LogP contribution in [-0.2, 0) is 6.42 Å². The van der Waals surface area contributed by atoms with E-state index in [9.17, 15) is 5.11 Å². The van der Waals surface area contributed by atoms with E-state index in [1.165, 1.54) is 23.1 Å². The van der Waals surface area contributed by atoms with E-state index >= 15 is 0 Å². The second kappa shape index (κ2) is 7.97. The summed E-state index contributed by atoms with van der Waals surface area (Å²) in [4.78, 5) is 5.03. The van der Waals surface area contributed by atoms with Gasteiger partial charge in [-0.25, -0.2) is 0 Å². The minimum absolute atomic E-state index is 0.734. The van der Waals surface area contributed by atoms with Crippen molar-refractivity contribution in [2.75, 3.05) is 0 Å². The lowest BCUT2D eigenvalue weighted by Gasteiger charge is -2.34. The smallest absolute Gasteiger partial charge is 0.103 e. The summed E-state index contributed by atoms with van der Waals surface area (Å²) in [5, 5.41) is 11.3. The van der Waals surface area contributed by atoms with E-state index in [0.717, 1.165) is 49.9 Å². The molecular formula is C23H29NO. The van der Waals surface area contributed by atoms with Gasteiger partial charge in [-0.15, -0.1) is 0 Å². The van der Waals surface area contributed by atoms with Gasteiger partial charge in [-0.3, -0.25) is 4.99 Å². The first-order valence-corrected chi connectivity index (χ1v) is 9.49. The molecule has 25 heavy (non-hydrogen) atoms. The lowest BCUT2D eigenvalue weighted by Crippen LogP contribution is -2.40. The van der Waals surface area contributed by atoms with E-state index in [0.29, 0.717) is 0 Å². The molecule has 0 unspecified atom stereocenters. The van der Waals surface area contributed by atoms with Crippen molar-refractivity contribution >= 4 is 11.4 Å². The molecule has 0 bridgehead atoms. The largest absolute Gasteiger partial charge is 0.384 e. The van der Waals surface area contributed by atoms with E-state index in [2.05, 4.69) is 56.3 Å². The fraction of sp³-hybridized carbons (Fsp3) is 0.435. The van der Waals surface area contributed by atoms with Crippen LogP contribution >= 0.6 is 0 Å². The molecule has 0 spiro atoms. The molecule has 1 aliphatic rings. The molecule has 0 radical (unpaired) electrons. The highest BCUT2D eigenvalue weighted by Crippen LogP contribution is 2.33. The second-order valence-electron chi connectivity index (χ2n) is 7.38. The van der Waals surface area contributed by atoms with E-state index in [4.69, 9.17) is 4.99 Å². The maximum absolute atomic E-state index is 11.3. The molecule has 1 aliphatic carbocycles. The van der Waals surface area contributed by atoms with Crippen LogP contribution in [0.4, 0.5) is 5.69 Å². The van der Waals surface area contributed by atoms with Crippen LogP contribution in [0.25, 0.3) is 0 Å². The molecule has 3 rings (SSSR count). The van der Waals surface area contributed by atoms with Gasteiger partial charge in [0.05, 0.1) is 11.4 Å². The number of aliphatic imine (C=N–C) groups is 1. The Morgan fingerprint density at radius 3 is 2.20 bits per heavy atom. The van der Waals surface area contributed by atoms with Gasteiger partial charge in [0.1, 0.15) is 5.60 Å². The zero-order chi connectivity index (χ0) is 17.7. The average molecular weight is 335 g/mol. The number of hydrogen-bond donors (Lipinski definition) is 1. The SMILES string of the molecule is Cc1cccc(C)c1N=C(CCc1ccccc1)C1(O)CCCCC1. The molecule has 2 aromatic rings. The highest BCUT2D eigenvalue weighted by molar-refractivity contribution is 5.95. The van der Waals surface area contributed by atoms with Crippen molar-refractivity contribution in [2.24, 2.45) is 4.99 Å². The fourth-order valence-electron chi connectivity index (χ4n) is 3.84. The number of para-hydroxylation sites is 1. The first-order valence-electron chi connectivity index (χ1n) is 9.49. The molecule has 1 saturated carbocycles. The molecule has 0 aromatic heterocycles. The number of aryl methyl sites for hydroxylation is 3. The Hall–Kier alpha value is -1.93. The number of rotatable bonds is 5. The van der Waals surface area contributed by atoms with Crippen LogP contribution in [0.2, 0.25) is 0 Å². The van der Waals surface area contributed by atoms with Crippen molar-refractivity contribution < 1.29 is 5.11 Å². The minimum Gasteiger partial charge on any atom is -0.384 e. The summed E-state index contributed by atoms with van der Waals surface area (Å²) in [5.74, 6) is 0. The normalized spacial score (nSPS) is 17.5. The molecule has 0 atom stereocenters. The van der Waals surface area contributed by atoms with E-state index < -0.39 is 5.60 Å². The summed E-state index contributed by atoms with van der Waals surface area (Å²) >= 11 is 0. The lowest BCUT2D eigenvalue weighted by molar-refractivity contribution is 0.0689. The summed E-state index contributed by atoms with van der Waals surface area (Å²) in [6, 6.07) is 16.8. The maximum Gasteiger partial charge on any atom is 0.103 e. The third-order valence-electron chi connectivity index (χ3n) is 5.40. The van der Waals surface area contributed by atoms with Gasteiger partial charge in [0, 0.05) is 0 Å². The van der Waals surface area contributed by atoms with Crippen LogP contribution in [0.15, 0.2) is 53.5 Å². The molecule has 2 nitrogen and oxygen atoms in total. The van der Waals surface area contributed by atoms with E-state index in [-0.39, 0.29) is 0 Å². The van der Waals surface area contributed by atoms with Crippen LogP contribution in [0.3, 0.4) is 0 Å². The highest BCUT2D eigenvalue weighted by atomic mass is 16.3. The van der Waals surface area contributed by atoms with E-state index in [1.807, 2.05) is 6.07 Å². The molecule has 132 valence electrons. The van der Waals surface area contributed by atoms with Crippen LogP contribution in [0.5, 0.6) is 0 Å². The van der Waals surface area contributed by atoms with Crippen molar-refractivity contribution in [3.63, 3.8) is 0 Å². The first kappa shape index (κ1) is 17.9. The number of aliphatic hydroxyl groups is 1. The second-order valence-corrected chi connectivity index (χ2v) is 7.38. The number of benzene rings is 2. The molecular weight excluding hydrogens is 306 g/mol. The first-order chi connectivity index (χ1) is 12.1.